The molecule has 2 aromatic rings. The van der Waals surface area contributed by atoms with Gasteiger partial charge < -0.3 is 10.1 Å². The predicted molar refractivity (Wildman–Crippen MR) is 84.8 cm³/mol. The van der Waals surface area contributed by atoms with Gasteiger partial charge in [-0.05, 0) is 48.9 Å². The Hall–Kier alpha value is -1.52. The molecule has 0 aliphatic heterocycles. The summed E-state index contributed by atoms with van der Waals surface area (Å²) >= 11 is 9.41. The molecule has 0 aliphatic carbocycles. The molecule has 0 saturated carbocycles. The van der Waals surface area contributed by atoms with Crippen LogP contribution < -0.4 is 10.1 Å². The fourth-order valence-electron chi connectivity index (χ4n) is 1.77. The van der Waals surface area contributed by atoms with E-state index in [9.17, 15) is 4.79 Å². The molecule has 0 spiro atoms. The van der Waals surface area contributed by atoms with Crippen molar-refractivity contribution in [2.45, 2.75) is 6.92 Å². The Morgan fingerprint density at radius 3 is 2.60 bits per heavy atom. The standard InChI is InChI=1S/C15H13BrClNO2/c1-9-7-11(16)4-5-13(9)18-15(19)10-3-6-14(20-2)12(17)8-10/h3-8H,1-2H3,(H,18,19). The third-order valence-corrected chi connectivity index (χ3v) is 3.64. The largest absolute Gasteiger partial charge is 0.495 e. The number of ether oxygens (including phenoxy) is 1. The van der Waals surface area contributed by atoms with Crippen molar-refractivity contribution < 1.29 is 9.53 Å². The summed E-state index contributed by atoms with van der Waals surface area (Å²) in [6.45, 7) is 1.93. The molecule has 0 aliphatic rings. The van der Waals surface area contributed by atoms with Crippen molar-refractivity contribution in [3.05, 3.63) is 57.0 Å². The molecule has 0 fully saturated rings. The molecule has 0 unspecified atom stereocenters. The summed E-state index contributed by atoms with van der Waals surface area (Å²) in [5, 5.41) is 3.27. The highest BCUT2D eigenvalue weighted by Gasteiger charge is 2.10. The van der Waals surface area contributed by atoms with E-state index in [0.717, 1.165) is 15.7 Å². The third-order valence-electron chi connectivity index (χ3n) is 2.85. The van der Waals surface area contributed by atoms with Crippen molar-refractivity contribution in [3.8, 4) is 5.75 Å². The molecule has 3 nitrogen and oxygen atoms in total. The SMILES string of the molecule is COc1ccc(C(=O)Nc2ccc(Br)cc2C)cc1Cl. The van der Waals surface area contributed by atoms with Crippen LogP contribution in [0.4, 0.5) is 5.69 Å². The Kier molecular flexibility index (Phi) is 4.68. The molecular formula is C15H13BrClNO2. The fraction of sp³-hybridized carbons (Fsp3) is 0.133. The predicted octanol–water partition coefficient (Wildman–Crippen LogP) is 4.67. The van der Waals surface area contributed by atoms with Gasteiger partial charge >= 0.3 is 0 Å². The number of aryl methyl sites for hydroxylation is 1. The van der Waals surface area contributed by atoms with Crippen LogP contribution in [-0.2, 0) is 0 Å². The summed E-state index contributed by atoms with van der Waals surface area (Å²) in [7, 11) is 1.53. The van der Waals surface area contributed by atoms with Gasteiger partial charge in [-0.15, -0.1) is 0 Å². The van der Waals surface area contributed by atoms with Gasteiger partial charge in [0.15, 0.2) is 0 Å². The van der Waals surface area contributed by atoms with Crippen LogP contribution >= 0.6 is 27.5 Å². The average molecular weight is 355 g/mol. The Balaban J connectivity index is 2.21. The van der Waals surface area contributed by atoms with Gasteiger partial charge in [0.1, 0.15) is 5.75 Å². The maximum atomic E-state index is 12.2. The molecule has 0 aromatic heterocycles. The second-order valence-corrected chi connectivity index (χ2v) is 5.59. The van der Waals surface area contributed by atoms with Crippen LogP contribution in [0.3, 0.4) is 0 Å². The maximum absolute atomic E-state index is 12.2. The highest BCUT2D eigenvalue weighted by Crippen LogP contribution is 2.26. The van der Waals surface area contributed by atoms with Crippen molar-refractivity contribution in [2.24, 2.45) is 0 Å². The number of amides is 1. The zero-order chi connectivity index (χ0) is 14.7. The summed E-state index contributed by atoms with van der Waals surface area (Å²) in [6, 6.07) is 10.6. The van der Waals surface area contributed by atoms with Gasteiger partial charge in [-0.1, -0.05) is 27.5 Å². The molecule has 0 heterocycles. The number of anilines is 1. The second-order valence-electron chi connectivity index (χ2n) is 4.26. The van der Waals surface area contributed by atoms with Crippen LogP contribution in [-0.4, -0.2) is 13.0 Å². The molecule has 1 amide bonds. The molecular weight excluding hydrogens is 342 g/mol. The minimum absolute atomic E-state index is 0.208. The van der Waals surface area contributed by atoms with E-state index in [2.05, 4.69) is 21.2 Å². The third kappa shape index (κ3) is 3.32. The van der Waals surface area contributed by atoms with Crippen molar-refractivity contribution in [2.75, 3.05) is 12.4 Å². The van der Waals surface area contributed by atoms with E-state index < -0.39 is 0 Å². The van der Waals surface area contributed by atoms with Crippen LogP contribution in [0.5, 0.6) is 5.75 Å². The zero-order valence-electron chi connectivity index (χ0n) is 11.0. The molecule has 0 bridgehead atoms. The van der Waals surface area contributed by atoms with Crippen LogP contribution in [0.1, 0.15) is 15.9 Å². The number of carbonyl (C=O) groups excluding carboxylic acids is 1. The smallest absolute Gasteiger partial charge is 0.255 e. The highest BCUT2D eigenvalue weighted by atomic mass is 79.9. The monoisotopic (exact) mass is 353 g/mol. The van der Waals surface area contributed by atoms with E-state index in [4.69, 9.17) is 16.3 Å². The lowest BCUT2D eigenvalue weighted by atomic mass is 10.1. The highest BCUT2D eigenvalue weighted by molar-refractivity contribution is 9.10. The van der Waals surface area contributed by atoms with Crippen molar-refractivity contribution in [3.63, 3.8) is 0 Å². The number of carbonyl (C=O) groups is 1. The molecule has 2 rings (SSSR count). The lowest BCUT2D eigenvalue weighted by molar-refractivity contribution is 0.102. The average Bonchev–Trinajstić information content (AvgIpc) is 2.41. The van der Waals surface area contributed by atoms with Crippen molar-refractivity contribution >= 4 is 39.1 Å². The van der Waals surface area contributed by atoms with Gasteiger partial charge in [-0.25, -0.2) is 0 Å². The van der Waals surface area contributed by atoms with E-state index in [1.54, 1.807) is 18.2 Å². The van der Waals surface area contributed by atoms with E-state index in [1.807, 2.05) is 25.1 Å². The Bertz CT molecular complexity index is 658. The Labute approximate surface area is 131 Å². The van der Waals surface area contributed by atoms with Gasteiger partial charge in [0, 0.05) is 15.7 Å². The first-order valence-electron chi connectivity index (χ1n) is 5.92. The van der Waals surface area contributed by atoms with Crippen LogP contribution in [0.15, 0.2) is 40.9 Å². The summed E-state index contributed by atoms with van der Waals surface area (Å²) in [5.74, 6) is 0.336. The quantitative estimate of drug-likeness (QED) is 0.869. The number of nitrogens with one attached hydrogen (secondary N) is 1. The molecule has 5 heteroatoms. The summed E-state index contributed by atoms with van der Waals surface area (Å²) in [4.78, 5) is 12.2. The maximum Gasteiger partial charge on any atom is 0.255 e. The molecule has 0 radical (unpaired) electrons. The Morgan fingerprint density at radius 1 is 1.25 bits per heavy atom. The normalized spacial score (nSPS) is 10.2. The lowest BCUT2D eigenvalue weighted by Crippen LogP contribution is -2.12. The molecule has 0 saturated heterocycles. The van der Waals surface area contributed by atoms with E-state index in [-0.39, 0.29) is 5.91 Å². The molecule has 0 atom stereocenters. The molecule has 104 valence electrons. The van der Waals surface area contributed by atoms with Crippen LogP contribution in [0.25, 0.3) is 0 Å². The summed E-state index contributed by atoms with van der Waals surface area (Å²) in [5.41, 5.74) is 2.23. The van der Waals surface area contributed by atoms with E-state index in [0.29, 0.717) is 16.3 Å². The van der Waals surface area contributed by atoms with E-state index >= 15 is 0 Å². The minimum atomic E-state index is -0.208. The van der Waals surface area contributed by atoms with Gasteiger partial charge in [-0.3, -0.25) is 4.79 Å². The van der Waals surface area contributed by atoms with Crippen molar-refractivity contribution in [1.82, 2.24) is 0 Å². The lowest BCUT2D eigenvalue weighted by Gasteiger charge is -2.10. The first kappa shape index (κ1) is 14.9. The summed E-state index contributed by atoms with van der Waals surface area (Å²) < 4.78 is 6.03. The van der Waals surface area contributed by atoms with Gasteiger partial charge in [0.05, 0.1) is 12.1 Å². The fourth-order valence-corrected chi connectivity index (χ4v) is 2.50. The second kappa shape index (κ2) is 6.29. The molecule has 20 heavy (non-hydrogen) atoms. The topological polar surface area (TPSA) is 38.3 Å². The number of benzene rings is 2. The number of halogens is 2. The van der Waals surface area contributed by atoms with Crippen LogP contribution in [0.2, 0.25) is 5.02 Å². The molecule has 2 aromatic carbocycles. The zero-order valence-corrected chi connectivity index (χ0v) is 13.4. The number of hydrogen-bond donors (Lipinski definition) is 1. The number of rotatable bonds is 3. The van der Waals surface area contributed by atoms with Gasteiger partial charge in [0.25, 0.3) is 5.91 Å². The molecule has 1 N–H and O–H groups in total. The first-order valence-corrected chi connectivity index (χ1v) is 7.09. The first-order chi connectivity index (χ1) is 9.51. The number of hydrogen-bond acceptors (Lipinski definition) is 2. The van der Waals surface area contributed by atoms with E-state index in [1.165, 1.54) is 7.11 Å². The van der Waals surface area contributed by atoms with Crippen LogP contribution in [0, 0.1) is 6.92 Å². The van der Waals surface area contributed by atoms with Gasteiger partial charge in [-0.2, -0.15) is 0 Å². The Morgan fingerprint density at radius 2 is 2.00 bits per heavy atom. The number of methoxy groups -OCH3 is 1. The van der Waals surface area contributed by atoms with Crippen molar-refractivity contribution in [1.29, 1.82) is 0 Å². The minimum Gasteiger partial charge on any atom is -0.495 e. The summed E-state index contributed by atoms with van der Waals surface area (Å²) in [6.07, 6.45) is 0. The van der Waals surface area contributed by atoms with Gasteiger partial charge in [0.2, 0.25) is 0 Å².